The molecule has 0 spiro atoms. The standard InChI is InChI=1S/C17H27FN2/c1-13(2)12-20(16-5-3-4-6-16)17-8-7-15(18)11-14(17)9-10-19/h7-8,11,13,16H,3-6,9-10,12,19H2,1-2H3. The summed E-state index contributed by atoms with van der Waals surface area (Å²) < 4.78 is 13.5. The second-order valence-electron chi connectivity index (χ2n) is 6.30. The molecule has 0 aromatic heterocycles. The molecule has 0 unspecified atom stereocenters. The fourth-order valence-electron chi connectivity index (χ4n) is 3.24. The fraction of sp³-hybridized carbons (Fsp3) is 0.647. The van der Waals surface area contributed by atoms with Gasteiger partial charge in [0.05, 0.1) is 0 Å². The lowest BCUT2D eigenvalue weighted by atomic mass is 10.0. The van der Waals surface area contributed by atoms with Gasteiger partial charge in [0.1, 0.15) is 5.82 Å². The molecule has 0 bridgehead atoms. The van der Waals surface area contributed by atoms with Crippen LogP contribution in [0.2, 0.25) is 0 Å². The van der Waals surface area contributed by atoms with Gasteiger partial charge in [-0.05, 0) is 55.5 Å². The van der Waals surface area contributed by atoms with Crippen molar-refractivity contribution in [2.24, 2.45) is 11.7 Å². The summed E-state index contributed by atoms with van der Waals surface area (Å²) in [5.74, 6) is 0.444. The number of hydrogen-bond acceptors (Lipinski definition) is 2. The van der Waals surface area contributed by atoms with Crippen molar-refractivity contribution in [1.82, 2.24) is 0 Å². The van der Waals surface area contributed by atoms with Crippen LogP contribution in [0.4, 0.5) is 10.1 Å². The SMILES string of the molecule is CC(C)CN(c1ccc(F)cc1CCN)C1CCCC1. The summed E-state index contributed by atoms with van der Waals surface area (Å²) in [5, 5.41) is 0. The molecule has 0 radical (unpaired) electrons. The minimum Gasteiger partial charge on any atom is -0.368 e. The molecule has 1 fully saturated rings. The predicted octanol–water partition coefficient (Wildman–Crippen LogP) is 3.73. The predicted molar refractivity (Wildman–Crippen MR) is 83.6 cm³/mol. The Balaban J connectivity index is 2.31. The zero-order valence-corrected chi connectivity index (χ0v) is 12.7. The van der Waals surface area contributed by atoms with Crippen LogP contribution in [0.1, 0.15) is 45.1 Å². The van der Waals surface area contributed by atoms with Gasteiger partial charge in [0.25, 0.3) is 0 Å². The van der Waals surface area contributed by atoms with Crippen LogP contribution in [0.5, 0.6) is 0 Å². The van der Waals surface area contributed by atoms with E-state index in [0.717, 1.165) is 18.5 Å². The second-order valence-corrected chi connectivity index (χ2v) is 6.30. The Bertz CT molecular complexity index is 425. The van der Waals surface area contributed by atoms with Gasteiger partial charge in [0, 0.05) is 18.3 Å². The van der Waals surface area contributed by atoms with E-state index in [2.05, 4.69) is 18.7 Å². The zero-order chi connectivity index (χ0) is 14.5. The van der Waals surface area contributed by atoms with Crippen LogP contribution in [0.15, 0.2) is 18.2 Å². The fourth-order valence-corrected chi connectivity index (χ4v) is 3.24. The number of benzene rings is 1. The monoisotopic (exact) mass is 278 g/mol. The first kappa shape index (κ1) is 15.3. The molecule has 0 atom stereocenters. The molecule has 1 aliphatic carbocycles. The second kappa shape index (κ2) is 7.07. The lowest BCUT2D eigenvalue weighted by Crippen LogP contribution is -2.37. The van der Waals surface area contributed by atoms with Crippen LogP contribution in [0, 0.1) is 11.7 Å². The molecule has 1 aromatic rings. The number of anilines is 1. The summed E-state index contributed by atoms with van der Waals surface area (Å²) in [4.78, 5) is 2.50. The number of halogens is 1. The molecule has 1 aromatic carbocycles. The van der Waals surface area contributed by atoms with E-state index in [1.165, 1.54) is 31.4 Å². The summed E-state index contributed by atoms with van der Waals surface area (Å²) in [5.41, 5.74) is 7.94. The van der Waals surface area contributed by atoms with Crippen molar-refractivity contribution in [3.63, 3.8) is 0 Å². The number of nitrogens with two attached hydrogens (primary N) is 1. The lowest BCUT2D eigenvalue weighted by Gasteiger charge is -2.34. The number of hydrogen-bond donors (Lipinski definition) is 1. The van der Waals surface area contributed by atoms with Crippen LogP contribution in [0.25, 0.3) is 0 Å². The summed E-state index contributed by atoms with van der Waals surface area (Å²) in [6.07, 6.45) is 5.88. The van der Waals surface area contributed by atoms with Crippen LogP contribution < -0.4 is 10.6 Å². The average Bonchev–Trinajstić information content (AvgIpc) is 2.90. The van der Waals surface area contributed by atoms with Gasteiger partial charge in [-0.25, -0.2) is 4.39 Å². The molecule has 112 valence electrons. The minimum absolute atomic E-state index is 0.159. The Labute approximate surface area is 122 Å². The van der Waals surface area contributed by atoms with Gasteiger partial charge in [-0.15, -0.1) is 0 Å². The van der Waals surface area contributed by atoms with Crippen LogP contribution in [-0.4, -0.2) is 19.1 Å². The molecule has 1 saturated carbocycles. The van der Waals surface area contributed by atoms with Gasteiger partial charge < -0.3 is 10.6 Å². The van der Waals surface area contributed by atoms with Crippen molar-refractivity contribution in [3.05, 3.63) is 29.6 Å². The largest absolute Gasteiger partial charge is 0.368 e. The quantitative estimate of drug-likeness (QED) is 0.859. The summed E-state index contributed by atoms with van der Waals surface area (Å²) in [6, 6.07) is 5.79. The normalized spacial score (nSPS) is 16.1. The Hall–Kier alpha value is -1.09. The van der Waals surface area contributed by atoms with Crippen LogP contribution in [0.3, 0.4) is 0 Å². The summed E-state index contributed by atoms with van der Waals surface area (Å²) >= 11 is 0. The van der Waals surface area contributed by atoms with Gasteiger partial charge in [0.15, 0.2) is 0 Å². The molecular weight excluding hydrogens is 251 g/mol. The van der Waals surface area contributed by atoms with Gasteiger partial charge in [0.2, 0.25) is 0 Å². The van der Waals surface area contributed by atoms with Crippen molar-refractivity contribution in [3.8, 4) is 0 Å². The zero-order valence-electron chi connectivity index (χ0n) is 12.7. The third-order valence-corrected chi connectivity index (χ3v) is 4.09. The molecule has 2 nitrogen and oxygen atoms in total. The summed E-state index contributed by atoms with van der Waals surface area (Å²) in [7, 11) is 0. The molecule has 2 N–H and O–H groups in total. The van der Waals surface area contributed by atoms with E-state index in [9.17, 15) is 4.39 Å². The van der Waals surface area contributed by atoms with E-state index in [-0.39, 0.29) is 5.82 Å². The van der Waals surface area contributed by atoms with Gasteiger partial charge in [-0.2, -0.15) is 0 Å². The Kier molecular flexibility index (Phi) is 5.41. The van der Waals surface area contributed by atoms with Crippen molar-refractivity contribution in [2.45, 2.75) is 52.0 Å². The van der Waals surface area contributed by atoms with Crippen molar-refractivity contribution >= 4 is 5.69 Å². The molecule has 20 heavy (non-hydrogen) atoms. The first-order valence-electron chi connectivity index (χ1n) is 7.87. The summed E-state index contributed by atoms with van der Waals surface area (Å²) in [6.45, 7) is 6.09. The van der Waals surface area contributed by atoms with Crippen LogP contribution >= 0.6 is 0 Å². The van der Waals surface area contributed by atoms with E-state index >= 15 is 0 Å². The van der Waals surface area contributed by atoms with E-state index in [1.807, 2.05) is 6.07 Å². The third kappa shape index (κ3) is 3.72. The first-order valence-corrected chi connectivity index (χ1v) is 7.87. The van der Waals surface area contributed by atoms with Crippen molar-refractivity contribution in [2.75, 3.05) is 18.0 Å². The van der Waals surface area contributed by atoms with Gasteiger partial charge in [-0.1, -0.05) is 26.7 Å². The highest BCUT2D eigenvalue weighted by Crippen LogP contribution is 2.31. The molecule has 0 saturated heterocycles. The highest BCUT2D eigenvalue weighted by atomic mass is 19.1. The maximum atomic E-state index is 13.5. The molecule has 0 aliphatic heterocycles. The Morgan fingerprint density at radius 3 is 2.60 bits per heavy atom. The third-order valence-electron chi connectivity index (χ3n) is 4.09. The average molecular weight is 278 g/mol. The smallest absolute Gasteiger partial charge is 0.123 e. The maximum absolute atomic E-state index is 13.5. The highest BCUT2D eigenvalue weighted by molar-refractivity contribution is 5.55. The molecule has 1 aliphatic rings. The number of nitrogens with zero attached hydrogens (tertiary/aromatic N) is 1. The van der Waals surface area contributed by atoms with Crippen molar-refractivity contribution in [1.29, 1.82) is 0 Å². The Morgan fingerprint density at radius 2 is 2.00 bits per heavy atom. The van der Waals surface area contributed by atoms with Gasteiger partial charge >= 0.3 is 0 Å². The first-order chi connectivity index (χ1) is 9.61. The topological polar surface area (TPSA) is 29.3 Å². The van der Waals surface area contributed by atoms with E-state index in [4.69, 9.17) is 5.73 Å². The highest BCUT2D eigenvalue weighted by Gasteiger charge is 2.25. The van der Waals surface area contributed by atoms with Crippen molar-refractivity contribution < 1.29 is 4.39 Å². The van der Waals surface area contributed by atoms with E-state index < -0.39 is 0 Å². The molecule has 0 heterocycles. The van der Waals surface area contributed by atoms with E-state index in [0.29, 0.717) is 18.5 Å². The molecule has 2 rings (SSSR count). The minimum atomic E-state index is -0.159. The number of rotatable bonds is 6. The van der Waals surface area contributed by atoms with Crippen LogP contribution in [-0.2, 0) is 6.42 Å². The molecule has 3 heteroatoms. The molecular formula is C17H27FN2. The van der Waals surface area contributed by atoms with Gasteiger partial charge in [-0.3, -0.25) is 0 Å². The Morgan fingerprint density at radius 1 is 1.30 bits per heavy atom. The lowest BCUT2D eigenvalue weighted by molar-refractivity contribution is 0.533. The van der Waals surface area contributed by atoms with E-state index in [1.54, 1.807) is 12.1 Å². The maximum Gasteiger partial charge on any atom is 0.123 e. The molecule has 0 amide bonds.